The quantitative estimate of drug-likeness (QED) is 0.633. The van der Waals surface area contributed by atoms with E-state index in [1.165, 1.54) is 13.8 Å². The van der Waals surface area contributed by atoms with Gasteiger partial charge in [0.15, 0.2) is 5.60 Å². The van der Waals surface area contributed by atoms with Gasteiger partial charge >= 0.3 is 5.97 Å². The summed E-state index contributed by atoms with van der Waals surface area (Å²) < 4.78 is 11.3. The van der Waals surface area contributed by atoms with Gasteiger partial charge in [0.1, 0.15) is 0 Å². The summed E-state index contributed by atoms with van der Waals surface area (Å²) in [6.07, 6.45) is 0.807. The van der Waals surface area contributed by atoms with Gasteiger partial charge in [-0.15, -0.1) is 5.06 Å². The molecule has 1 saturated heterocycles. The van der Waals surface area contributed by atoms with Gasteiger partial charge in [-0.05, 0) is 48.0 Å². The fourth-order valence-corrected chi connectivity index (χ4v) is 2.16. The first kappa shape index (κ1) is 19.6. The standard InChI is InChI=1S/C16H27NO6/c1-11(2)22-15(3,4)9-10-21-16(5,6)14(20)23-17-12(18)7-8-13(17)19/h11H,7-10H2,1-6H3. The fourth-order valence-electron chi connectivity index (χ4n) is 2.16. The van der Waals surface area contributed by atoms with Crippen molar-refractivity contribution in [2.75, 3.05) is 6.61 Å². The molecule has 132 valence electrons. The third-order valence-electron chi connectivity index (χ3n) is 3.39. The molecule has 0 aromatic rings. The first-order chi connectivity index (χ1) is 10.4. The van der Waals surface area contributed by atoms with Crippen molar-refractivity contribution in [3.63, 3.8) is 0 Å². The molecule has 0 aromatic carbocycles. The highest BCUT2D eigenvalue weighted by atomic mass is 16.7. The molecule has 0 atom stereocenters. The molecule has 0 N–H and O–H groups in total. The van der Waals surface area contributed by atoms with Crippen molar-refractivity contribution in [3.8, 4) is 0 Å². The lowest BCUT2D eigenvalue weighted by Crippen LogP contribution is -2.43. The van der Waals surface area contributed by atoms with Crippen molar-refractivity contribution >= 4 is 17.8 Å². The molecule has 1 fully saturated rings. The first-order valence-electron chi connectivity index (χ1n) is 7.84. The molecule has 0 aliphatic carbocycles. The molecule has 0 bridgehead atoms. The zero-order chi connectivity index (χ0) is 17.8. The smallest absolute Gasteiger partial charge is 0.364 e. The summed E-state index contributed by atoms with van der Waals surface area (Å²) in [5, 5.41) is 0.527. The van der Waals surface area contributed by atoms with E-state index in [1.54, 1.807) is 0 Å². The van der Waals surface area contributed by atoms with Crippen LogP contribution in [-0.4, -0.2) is 46.8 Å². The summed E-state index contributed by atoms with van der Waals surface area (Å²) >= 11 is 0. The Hall–Kier alpha value is -1.47. The normalized spacial score (nSPS) is 16.4. The van der Waals surface area contributed by atoms with Gasteiger partial charge in [0.05, 0.1) is 18.3 Å². The van der Waals surface area contributed by atoms with Gasteiger partial charge in [-0.25, -0.2) is 4.79 Å². The Bertz CT molecular complexity index is 453. The Morgan fingerprint density at radius 3 is 2.13 bits per heavy atom. The molecular weight excluding hydrogens is 302 g/mol. The largest absolute Gasteiger partial charge is 0.373 e. The molecule has 0 spiro atoms. The molecule has 23 heavy (non-hydrogen) atoms. The van der Waals surface area contributed by atoms with Gasteiger partial charge < -0.3 is 14.3 Å². The van der Waals surface area contributed by atoms with Crippen LogP contribution in [0.1, 0.15) is 60.8 Å². The summed E-state index contributed by atoms with van der Waals surface area (Å²) in [5.74, 6) is -1.79. The summed E-state index contributed by atoms with van der Waals surface area (Å²) in [4.78, 5) is 39.9. The third kappa shape index (κ3) is 5.91. The Labute approximate surface area is 137 Å². The van der Waals surface area contributed by atoms with E-state index in [2.05, 4.69) is 0 Å². The molecule has 0 unspecified atom stereocenters. The summed E-state index contributed by atoms with van der Waals surface area (Å²) in [7, 11) is 0. The number of hydroxylamine groups is 2. The predicted octanol–water partition coefficient (Wildman–Crippen LogP) is 1.98. The summed E-state index contributed by atoms with van der Waals surface area (Å²) in [6.45, 7) is 11.2. The van der Waals surface area contributed by atoms with Crippen LogP contribution in [0.3, 0.4) is 0 Å². The van der Waals surface area contributed by atoms with Crippen LogP contribution in [0.2, 0.25) is 0 Å². The first-order valence-corrected chi connectivity index (χ1v) is 7.84. The molecular formula is C16H27NO6. The van der Waals surface area contributed by atoms with Gasteiger partial charge in [-0.1, -0.05) is 0 Å². The van der Waals surface area contributed by atoms with Crippen LogP contribution in [0.25, 0.3) is 0 Å². The number of hydrogen-bond donors (Lipinski definition) is 0. The Kier molecular flexibility index (Phi) is 6.30. The van der Waals surface area contributed by atoms with E-state index in [-0.39, 0.29) is 31.2 Å². The zero-order valence-corrected chi connectivity index (χ0v) is 14.8. The van der Waals surface area contributed by atoms with Gasteiger partial charge in [-0.3, -0.25) is 9.59 Å². The molecule has 7 heteroatoms. The number of carbonyl (C=O) groups is 3. The lowest BCUT2D eigenvalue weighted by atomic mass is 10.0. The van der Waals surface area contributed by atoms with Crippen LogP contribution in [0.4, 0.5) is 0 Å². The number of rotatable bonds is 8. The number of imide groups is 1. The second-order valence-corrected chi connectivity index (χ2v) is 7.00. The molecule has 2 amide bonds. The van der Waals surface area contributed by atoms with Crippen molar-refractivity contribution < 1.29 is 28.7 Å². The number of nitrogens with zero attached hydrogens (tertiary/aromatic N) is 1. The zero-order valence-electron chi connectivity index (χ0n) is 14.8. The SMILES string of the molecule is CC(C)OC(C)(C)CCOC(C)(C)C(=O)ON1C(=O)CCC1=O. The Balaban J connectivity index is 2.50. The van der Waals surface area contributed by atoms with Crippen molar-refractivity contribution in [2.45, 2.75) is 78.1 Å². The van der Waals surface area contributed by atoms with E-state index < -0.39 is 23.4 Å². The maximum absolute atomic E-state index is 12.1. The van der Waals surface area contributed by atoms with E-state index in [0.717, 1.165) is 0 Å². The van der Waals surface area contributed by atoms with Crippen LogP contribution in [-0.2, 0) is 28.7 Å². The van der Waals surface area contributed by atoms with Crippen LogP contribution < -0.4 is 0 Å². The molecule has 0 aromatic heterocycles. The second kappa shape index (κ2) is 7.40. The van der Waals surface area contributed by atoms with E-state index in [9.17, 15) is 14.4 Å². The predicted molar refractivity (Wildman–Crippen MR) is 82.1 cm³/mol. The van der Waals surface area contributed by atoms with Crippen molar-refractivity contribution in [2.24, 2.45) is 0 Å². The highest BCUT2D eigenvalue weighted by molar-refractivity contribution is 6.01. The molecule has 1 aliphatic rings. The van der Waals surface area contributed by atoms with Gasteiger partial charge in [0, 0.05) is 12.8 Å². The third-order valence-corrected chi connectivity index (χ3v) is 3.39. The number of hydrogen-bond acceptors (Lipinski definition) is 6. The average molecular weight is 329 g/mol. The van der Waals surface area contributed by atoms with Crippen LogP contribution in [0.15, 0.2) is 0 Å². The van der Waals surface area contributed by atoms with Crippen molar-refractivity contribution in [1.82, 2.24) is 5.06 Å². The van der Waals surface area contributed by atoms with E-state index in [0.29, 0.717) is 11.5 Å². The van der Waals surface area contributed by atoms with Crippen molar-refractivity contribution in [1.29, 1.82) is 0 Å². The minimum absolute atomic E-state index is 0.0636. The topological polar surface area (TPSA) is 82.1 Å². The van der Waals surface area contributed by atoms with E-state index in [1.807, 2.05) is 27.7 Å². The lowest BCUT2D eigenvalue weighted by molar-refractivity contribution is -0.212. The summed E-state index contributed by atoms with van der Waals surface area (Å²) in [5.41, 5.74) is -1.65. The van der Waals surface area contributed by atoms with E-state index in [4.69, 9.17) is 14.3 Å². The molecule has 7 nitrogen and oxygen atoms in total. The van der Waals surface area contributed by atoms with Crippen LogP contribution >= 0.6 is 0 Å². The lowest BCUT2D eigenvalue weighted by Gasteiger charge is -2.30. The monoisotopic (exact) mass is 329 g/mol. The number of ether oxygens (including phenoxy) is 2. The minimum atomic E-state index is -1.27. The molecule has 1 heterocycles. The van der Waals surface area contributed by atoms with Gasteiger partial charge in [-0.2, -0.15) is 0 Å². The fraction of sp³-hybridized carbons (Fsp3) is 0.812. The Morgan fingerprint density at radius 2 is 1.65 bits per heavy atom. The molecule has 0 radical (unpaired) electrons. The maximum atomic E-state index is 12.1. The molecule has 1 aliphatic heterocycles. The van der Waals surface area contributed by atoms with Gasteiger partial charge in [0.2, 0.25) is 0 Å². The minimum Gasteiger partial charge on any atom is -0.373 e. The maximum Gasteiger partial charge on any atom is 0.364 e. The average Bonchev–Trinajstić information content (AvgIpc) is 2.68. The van der Waals surface area contributed by atoms with Gasteiger partial charge in [0.25, 0.3) is 11.8 Å². The van der Waals surface area contributed by atoms with Crippen LogP contribution in [0.5, 0.6) is 0 Å². The van der Waals surface area contributed by atoms with Crippen molar-refractivity contribution in [3.05, 3.63) is 0 Å². The highest BCUT2D eigenvalue weighted by Crippen LogP contribution is 2.21. The number of amides is 2. The highest BCUT2D eigenvalue weighted by Gasteiger charge is 2.39. The number of carbonyl (C=O) groups excluding carboxylic acids is 3. The second-order valence-electron chi connectivity index (χ2n) is 7.00. The van der Waals surface area contributed by atoms with Crippen LogP contribution in [0, 0.1) is 0 Å². The molecule has 1 rings (SSSR count). The summed E-state index contributed by atoms with van der Waals surface area (Å²) in [6, 6.07) is 0. The molecule has 0 saturated carbocycles. The van der Waals surface area contributed by atoms with E-state index >= 15 is 0 Å². The Morgan fingerprint density at radius 1 is 1.13 bits per heavy atom.